The van der Waals surface area contributed by atoms with Gasteiger partial charge in [0.15, 0.2) is 0 Å². The Morgan fingerprint density at radius 2 is 1.56 bits per heavy atom. The van der Waals surface area contributed by atoms with Gasteiger partial charge in [-0.1, -0.05) is 50.2 Å². The molecule has 2 aromatic carbocycles. The van der Waals surface area contributed by atoms with Crippen LogP contribution in [0.15, 0.2) is 36.4 Å². The van der Waals surface area contributed by atoms with Gasteiger partial charge in [-0.15, -0.1) is 0 Å². The smallest absolute Gasteiger partial charge is 0.423 e. The van der Waals surface area contributed by atoms with Gasteiger partial charge in [0.25, 0.3) is 0 Å². The highest BCUT2D eigenvalue weighted by Gasteiger charge is 2.16. The second kappa shape index (κ2) is 4.28. The molecule has 2 rings (SSSR count). The van der Waals surface area contributed by atoms with Crippen LogP contribution in [0.3, 0.4) is 0 Å². The van der Waals surface area contributed by atoms with Gasteiger partial charge < -0.3 is 10.0 Å². The molecule has 0 heterocycles. The molecule has 0 aliphatic carbocycles. The first-order valence-electron chi connectivity index (χ1n) is 5.49. The zero-order valence-corrected chi connectivity index (χ0v) is 9.51. The summed E-state index contributed by atoms with van der Waals surface area (Å²) in [5.74, 6) is 0.426. The predicted molar refractivity (Wildman–Crippen MR) is 67.9 cm³/mol. The van der Waals surface area contributed by atoms with Crippen LogP contribution in [0.4, 0.5) is 0 Å². The summed E-state index contributed by atoms with van der Waals surface area (Å²) in [7, 11) is -1.41. The molecule has 2 aromatic rings. The van der Waals surface area contributed by atoms with Crippen LogP contribution in [0.2, 0.25) is 0 Å². The maximum Gasteiger partial charge on any atom is 0.489 e. The van der Waals surface area contributed by atoms with Crippen LogP contribution in [0.5, 0.6) is 0 Å². The Kier molecular flexibility index (Phi) is 2.99. The van der Waals surface area contributed by atoms with E-state index >= 15 is 0 Å². The van der Waals surface area contributed by atoms with Crippen molar-refractivity contribution >= 4 is 23.4 Å². The van der Waals surface area contributed by atoms with E-state index in [0.29, 0.717) is 11.4 Å². The van der Waals surface area contributed by atoms with Gasteiger partial charge in [-0.25, -0.2) is 0 Å². The van der Waals surface area contributed by atoms with Gasteiger partial charge in [0.2, 0.25) is 0 Å². The van der Waals surface area contributed by atoms with E-state index in [2.05, 4.69) is 13.8 Å². The molecule has 0 unspecified atom stereocenters. The van der Waals surface area contributed by atoms with Crippen molar-refractivity contribution in [2.24, 2.45) is 0 Å². The SMILES string of the molecule is CC(C)c1ccc(B(O)O)c2ccccc12. The highest BCUT2D eigenvalue weighted by Crippen LogP contribution is 2.24. The third-order valence-electron chi connectivity index (χ3n) is 2.89. The summed E-state index contributed by atoms with van der Waals surface area (Å²) in [6.45, 7) is 4.27. The van der Waals surface area contributed by atoms with E-state index in [0.717, 1.165) is 10.8 Å². The quantitative estimate of drug-likeness (QED) is 0.746. The Morgan fingerprint density at radius 3 is 2.12 bits per heavy atom. The fourth-order valence-electron chi connectivity index (χ4n) is 2.07. The van der Waals surface area contributed by atoms with Gasteiger partial charge in [-0.2, -0.15) is 0 Å². The molecular formula is C13H15BO2. The largest absolute Gasteiger partial charge is 0.489 e. The molecule has 0 spiro atoms. The molecule has 0 aliphatic rings. The number of fused-ring (bicyclic) bond motifs is 1. The lowest BCUT2D eigenvalue weighted by Gasteiger charge is -2.13. The van der Waals surface area contributed by atoms with Crippen molar-refractivity contribution in [2.45, 2.75) is 19.8 Å². The summed E-state index contributed by atoms with van der Waals surface area (Å²) in [4.78, 5) is 0. The number of hydrogen-bond acceptors (Lipinski definition) is 2. The molecule has 0 radical (unpaired) electrons. The van der Waals surface area contributed by atoms with Gasteiger partial charge in [0.1, 0.15) is 0 Å². The zero-order chi connectivity index (χ0) is 11.7. The van der Waals surface area contributed by atoms with Gasteiger partial charge >= 0.3 is 7.12 Å². The summed E-state index contributed by atoms with van der Waals surface area (Å²) in [5, 5.41) is 20.6. The lowest BCUT2D eigenvalue weighted by atomic mass is 9.75. The fraction of sp³-hybridized carbons (Fsp3) is 0.231. The Morgan fingerprint density at radius 1 is 0.938 bits per heavy atom. The van der Waals surface area contributed by atoms with Crippen LogP contribution in [-0.2, 0) is 0 Å². The van der Waals surface area contributed by atoms with E-state index in [1.807, 2.05) is 30.3 Å². The molecule has 2 nitrogen and oxygen atoms in total. The van der Waals surface area contributed by atoms with E-state index in [1.165, 1.54) is 5.56 Å². The molecule has 0 atom stereocenters. The van der Waals surface area contributed by atoms with Gasteiger partial charge in [-0.3, -0.25) is 0 Å². The van der Waals surface area contributed by atoms with Crippen LogP contribution in [-0.4, -0.2) is 17.2 Å². The lowest BCUT2D eigenvalue weighted by Crippen LogP contribution is -2.30. The van der Waals surface area contributed by atoms with Gasteiger partial charge in [-0.05, 0) is 27.7 Å². The average molecular weight is 214 g/mol. The minimum Gasteiger partial charge on any atom is -0.423 e. The second-order valence-corrected chi connectivity index (χ2v) is 4.32. The Labute approximate surface area is 95.7 Å². The van der Waals surface area contributed by atoms with Gasteiger partial charge in [0, 0.05) is 0 Å². The van der Waals surface area contributed by atoms with Crippen LogP contribution in [0.25, 0.3) is 10.8 Å². The first-order chi connectivity index (χ1) is 7.61. The summed E-state index contributed by atoms with van der Waals surface area (Å²) < 4.78 is 0. The van der Waals surface area contributed by atoms with E-state index in [-0.39, 0.29) is 0 Å². The van der Waals surface area contributed by atoms with Crippen LogP contribution in [0, 0.1) is 0 Å². The van der Waals surface area contributed by atoms with Crippen molar-refractivity contribution < 1.29 is 10.0 Å². The predicted octanol–water partition coefficient (Wildman–Crippen LogP) is 1.64. The third kappa shape index (κ3) is 1.84. The number of rotatable bonds is 2. The van der Waals surface area contributed by atoms with Crippen molar-refractivity contribution in [1.82, 2.24) is 0 Å². The number of benzene rings is 2. The minimum atomic E-state index is -1.41. The Hall–Kier alpha value is -1.32. The Balaban J connectivity index is 2.77. The molecule has 3 heteroatoms. The van der Waals surface area contributed by atoms with Crippen LogP contribution in [0.1, 0.15) is 25.3 Å². The summed E-state index contributed by atoms with van der Waals surface area (Å²) in [6.07, 6.45) is 0. The lowest BCUT2D eigenvalue weighted by molar-refractivity contribution is 0.426. The topological polar surface area (TPSA) is 40.5 Å². The molecule has 0 aliphatic heterocycles. The molecule has 0 bridgehead atoms. The average Bonchev–Trinajstić information content (AvgIpc) is 2.27. The van der Waals surface area contributed by atoms with E-state index in [1.54, 1.807) is 6.07 Å². The molecule has 16 heavy (non-hydrogen) atoms. The summed E-state index contributed by atoms with van der Waals surface area (Å²) in [6, 6.07) is 11.6. The molecule has 2 N–H and O–H groups in total. The molecule has 0 aromatic heterocycles. The molecule has 0 amide bonds. The number of hydrogen-bond donors (Lipinski definition) is 2. The molecule has 82 valence electrons. The van der Waals surface area contributed by atoms with Crippen molar-refractivity contribution in [3.05, 3.63) is 42.0 Å². The molecular weight excluding hydrogens is 199 g/mol. The van der Waals surface area contributed by atoms with Crippen LogP contribution < -0.4 is 5.46 Å². The van der Waals surface area contributed by atoms with E-state index < -0.39 is 7.12 Å². The van der Waals surface area contributed by atoms with E-state index in [4.69, 9.17) is 0 Å². The normalized spacial score (nSPS) is 11.1. The highest BCUT2D eigenvalue weighted by atomic mass is 16.4. The van der Waals surface area contributed by atoms with E-state index in [9.17, 15) is 10.0 Å². The first kappa shape index (κ1) is 11.2. The molecule has 0 saturated carbocycles. The maximum absolute atomic E-state index is 9.31. The fourth-order valence-corrected chi connectivity index (χ4v) is 2.07. The van der Waals surface area contributed by atoms with Gasteiger partial charge in [0.05, 0.1) is 0 Å². The van der Waals surface area contributed by atoms with Crippen molar-refractivity contribution in [2.75, 3.05) is 0 Å². The standard InChI is InChI=1S/C13H15BO2/c1-9(2)10-7-8-13(14(15)16)12-6-4-3-5-11(10)12/h3-9,15-16H,1-2H3. The molecule has 0 fully saturated rings. The second-order valence-electron chi connectivity index (χ2n) is 4.32. The zero-order valence-electron chi connectivity index (χ0n) is 9.51. The summed E-state index contributed by atoms with van der Waals surface area (Å²) in [5.41, 5.74) is 1.81. The highest BCUT2D eigenvalue weighted by molar-refractivity contribution is 6.62. The minimum absolute atomic E-state index is 0.426. The van der Waals surface area contributed by atoms with Crippen molar-refractivity contribution in [1.29, 1.82) is 0 Å². The first-order valence-corrected chi connectivity index (χ1v) is 5.49. The monoisotopic (exact) mass is 214 g/mol. The molecule has 0 saturated heterocycles. The van der Waals surface area contributed by atoms with Crippen LogP contribution >= 0.6 is 0 Å². The third-order valence-corrected chi connectivity index (χ3v) is 2.89. The Bertz CT molecular complexity index is 460. The van der Waals surface area contributed by atoms with Crippen molar-refractivity contribution in [3.63, 3.8) is 0 Å². The van der Waals surface area contributed by atoms with Crippen molar-refractivity contribution in [3.8, 4) is 0 Å². The maximum atomic E-state index is 9.31. The summed E-state index contributed by atoms with van der Waals surface area (Å²) >= 11 is 0.